The lowest BCUT2D eigenvalue weighted by atomic mass is 10.4. The van der Waals surface area contributed by atoms with E-state index in [4.69, 9.17) is 4.74 Å². The molecular weight excluding hydrogens is 208 g/mol. The number of aromatic nitrogens is 2. The van der Waals surface area contributed by atoms with Crippen molar-refractivity contribution < 1.29 is 4.74 Å². The first kappa shape index (κ1) is 12.4. The van der Waals surface area contributed by atoms with Crippen LogP contribution in [-0.2, 0) is 0 Å². The summed E-state index contributed by atoms with van der Waals surface area (Å²) in [5.41, 5.74) is 0. The molecule has 0 aromatic carbocycles. The third-order valence-electron chi connectivity index (χ3n) is 2.06. The average molecular weight is 230 g/mol. The average Bonchev–Trinajstić information content (AvgIpc) is 2.50. The van der Waals surface area contributed by atoms with Crippen LogP contribution in [0, 0.1) is 0 Å². The summed E-state index contributed by atoms with van der Waals surface area (Å²) in [7, 11) is -0.463. The smallest absolute Gasteiger partial charge is 0.232 e. The molecule has 88 valence electrons. The molecule has 0 saturated carbocycles. The van der Waals surface area contributed by atoms with Crippen LogP contribution in [0.1, 0.15) is 19.9 Å². The lowest BCUT2D eigenvalue weighted by molar-refractivity contribution is 0.322. The second-order valence-electron chi connectivity index (χ2n) is 4.87. The highest BCUT2D eigenvalue weighted by atomic mass is 32.3. The third-order valence-corrected chi connectivity index (χ3v) is 3.45. The molecule has 0 spiro atoms. The van der Waals surface area contributed by atoms with Crippen LogP contribution < -0.4 is 4.74 Å². The molecule has 1 aromatic rings. The third kappa shape index (κ3) is 4.60. The topological polar surface area (TPSA) is 27.1 Å². The van der Waals surface area contributed by atoms with Gasteiger partial charge in [-0.3, -0.25) is 4.68 Å². The van der Waals surface area contributed by atoms with E-state index in [1.807, 2.05) is 16.9 Å². The Morgan fingerprint density at radius 1 is 1.40 bits per heavy atom. The van der Waals surface area contributed by atoms with Crippen LogP contribution in [0.4, 0.5) is 0 Å². The first-order valence-corrected chi connectivity index (χ1v) is 8.25. The van der Waals surface area contributed by atoms with Crippen LogP contribution in [0.25, 0.3) is 0 Å². The van der Waals surface area contributed by atoms with Gasteiger partial charge >= 0.3 is 0 Å². The van der Waals surface area contributed by atoms with Crippen molar-refractivity contribution in [2.24, 2.45) is 0 Å². The number of hydrogen-bond acceptors (Lipinski definition) is 2. The quantitative estimate of drug-likeness (QED) is 0.777. The molecule has 1 heterocycles. The van der Waals surface area contributed by atoms with Gasteiger partial charge in [0.2, 0.25) is 5.88 Å². The molecule has 0 aliphatic rings. The van der Waals surface area contributed by atoms with E-state index in [2.05, 4.69) is 37.7 Å². The molecule has 1 aromatic heterocycles. The largest absolute Gasteiger partial charge is 0.476 e. The molecule has 0 aliphatic heterocycles. The summed E-state index contributed by atoms with van der Waals surface area (Å²) in [6, 6.07) is 2.33. The van der Waals surface area contributed by atoms with Crippen molar-refractivity contribution >= 4 is 10.0 Å². The fraction of sp³-hybridized carbons (Fsp3) is 0.727. The van der Waals surface area contributed by atoms with Gasteiger partial charge in [-0.1, -0.05) is 0 Å². The Hall–Kier alpha value is -0.640. The highest BCUT2D eigenvalue weighted by Gasteiger charge is 2.06. The normalized spacial score (nSPS) is 13.2. The van der Waals surface area contributed by atoms with Crippen molar-refractivity contribution in [1.29, 1.82) is 0 Å². The molecule has 0 radical (unpaired) electrons. The fourth-order valence-electron chi connectivity index (χ4n) is 1.08. The Labute approximate surface area is 94.1 Å². The molecule has 0 fully saturated rings. The molecule has 0 unspecified atom stereocenters. The second-order valence-corrected chi connectivity index (χ2v) is 9.46. The standard InChI is InChI=1S/C11H22N2OS/c1-10(2)13-7-6-11(12-13)14-8-9-15(3,4)5/h6-7,10H,8-9H2,1-5H3. The van der Waals surface area contributed by atoms with Gasteiger partial charge in [-0.2, -0.15) is 0 Å². The van der Waals surface area contributed by atoms with Crippen molar-refractivity contribution in [1.82, 2.24) is 9.78 Å². The molecule has 1 rings (SSSR count). The van der Waals surface area contributed by atoms with Crippen molar-refractivity contribution in [3.8, 4) is 5.88 Å². The van der Waals surface area contributed by atoms with E-state index in [-0.39, 0.29) is 0 Å². The van der Waals surface area contributed by atoms with Crippen LogP contribution in [0.15, 0.2) is 12.3 Å². The van der Waals surface area contributed by atoms with Gasteiger partial charge < -0.3 is 4.74 Å². The lowest BCUT2D eigenvalue weighted by Gasteiger charge is -2.24. The van der Waals surface area contributed by atoms with Crippen molar-refractivity contribution in [2.45, 2.75) is 19.9 Å². The summed E-state index contributed by atoms with van der Waals surface area (Å²) in [6.45, 7) is 4.99. The van der Waals surface area contributed by atoms with Gasteiger partial charge in [0.05, 0.1) is 6.61 Å². The first-order chi connectivity index (χ1) is 6.88. The maximum absolute atomic E-state index is 5.60. The maximum atomic E-state index is 5.60. The van der Waals surface area contributed by atoms with Crippen LogP contribution >= 0.6 is 10.0 Å². The van der Waals surface area contributed by atoms with Gasteiger partial charge in [-0.15, -0.1) is 5.10 Å². The van der Waals surface area contributed by atoms with E-state index < -0.39 is 10.0 Å². The molecule has 0 saturated heterocycles. The Bertz CT molecular complexity index is 302. The fourth-order valence-corrected chi connectivity index (χ4v) is 1.66. The number of ether oxygens (including phenoxy) is 1. The van der Waals surface area contributed by atoms with Crippen molar-refractivity contribution in [2.75, 3.05) is 31.1 Å². The minimum atomic E-state index is -0.463. The van der Waals surface area contributed by atoms with E-state index in [1.165, 1.54) is 0 Å². The number of rotatable bonds is 5. The predicted octanol–water partition coefficient (Wildman–Crippen LogP) is 2.54. The van der Waals surface area contributed by atoms with Crippen LogP contribution in [0.5, 0.6) is 5.88 Å². The summed E-state index contributed by atoms with van der Waals surface area (Å²) >= 11 is 0. The summed E-state index contributed by atoms with van der Waals surface area (Å²) in [6.07, 6.45) is 8.85. The first-order valence-electron chi connectivity index (χ1n) is 5.22. The highest BCUT2D eigenvalue weighted by Crippen LogP contribution is 2.33. The zero-order valence-corrected chi connectivity index (χ0v) is 11.2. The molecule has 3 nitrogen and oxygen atoms in total. The van der Waals surface area contributed by atoms with Crippen LogP contribution in [-0.4, -0.2) is 40.9 Å². The Morgan fingerprint density at radius 2 is 2.07 bits per heavy atom. The molecule has 0 bridgehead atoms. The minimum absolute atomic E-state index is 0.399. The highest BCUT2D eigenvalue weighted by molar-refractivity contribution is 8.32. The van der Waals surface area contributed by atoms with Gasteiger partial charge in [0.25, 0.3) is 0 Å². The monoisotopic (exact) mass is 230 g/mol. The Balaban J connectivity index is 2.38. The molecule has 0 aliphatic carbocycles. The maximum Gasteiger partial charge on any atom is 0.232 e. The van der Waals surface area contributed by atoms with E-state index in [0.29, 0.717) is 6.04 Å². The molecule has 0 N–H and O–H groups in total. The van der Waals surface area contributed by atoms with Crippen molar-refractivity contribution in [3.05, 3.63) is 12.3 Å². The van der Waals surface area contributed by atoms with Gasteiger partial charge in [-0.05, 0) is 32.6 Å². The van der Waals surface area contributed by atoms with Crippen LogP contribution in [0.3, 0.4) is 0 Å². The summed E-state index contributed by atoms with van der Waals surface area (Å²) in [5, 5.41) is 4.33. The van der Waals surface area contributed by atoms with E-state index in [9.17, 15) is 0 Å². The SMILES string of the molecule is CC(C)n1ccc(OCCS(C)(C)C)n1. The van der Waals surface area contributed by atoms with E-state index >= 15 is 0 Å². The summed E-state index contributed by atoms with van der Waals surface area (Å²) in [4.78, 5) is 0. The van der Waals surface area contributed by atoms with E-state index in [1.54, 1.807) is 0 Å². The van der Waals surface area contributed by atoms with Gasteiger partial charge in [-0.25, -0.2) is 10.0 Å². The molecule has 15 heavy (non-hydrogen) atoms. The molecular formula is C11H22N2OS. The molecule has 0 amide bonds. The molecule has 0 atom stereocenters. The van der Waals surface area contributed by atoms with Gasteiger partial charge in [0.1, 0.15) is 0 Å². The van der Waals surface area contributed by atoms with Gasteiger partial charge in [0.15, 0.2) is 0 Å². The van der Waals surface area contributed by atoms with Gasteiger partial charge in [0, 0.05) is 24.1 Å². The predicted molar refractivity (Wildman–Crippen MR) is 68.3 cm³/mol. The number of hydrogen-bond donors (Lipinski definition) is 0. The lowest BCUT2D eigenvalue weighted by Crippen LogP contribution is -2.09. The summed E-state index contributed by atoms with van der Waals surface area (Å²) < 4.78 is 7.52. The second kappa shape index (κ2) is 4.92. The zero-order chi connectivity index (χ0) is 11.5. The molecule has 4 heteroatoms. The Kier molecular flexibility index (Phi) is 4.08. The van der Waals surface area contributed by atoms with Crippen molar-refractivity contribution in [3.63, 3.8) is 0 Å². The summed E-state index contributed by atoms with van der Waals surface area (Å²) in [5.74, 6) is 1.87. The van der Waals surface area contributed by atoms with Crippen LogP contribution in [0.2, 0.25) is 0 Å². The number of nitrogens with zero attached hydrogens (tertiary/aromatic N) is 2. The zero-order valence-electron chi connectivity index (χ0n) is 10.4. The van der Waals surface area contributed by atoms with E-state index in [0.717, 1.165) is 18.2 Å². The minimum Gasteiger partial charge on any atom is -0.476 e. The Morgan fingerprint density at radius 3 is 2.53 bits per heavy atom.